The van der Waals surface area contributed by atoms with Gasteiger partial charge in [-0.15, -0.1) is 11.6 Å². The van der Waals surface area contributed by atoms with Crippen molar-refractivity contribution in [2.24, 2.45) is 0 Å². The van der Waals surface area contributed by atoms with Crippen molar-refractivity contribution in [2.45, 2.75) is 12.3 Å². The smallest absolute Gasteiger partial charge is 0.0406 e. The number of benzene rings is 2. The third-order valence-electron chi connectivity index (χ3n) is 2.90. The number of hydrogen-bond donors (Lipinski definition) is 0. The van der Waals surface area contributed by atoms with E-state index in [2.05, 4.69) is 28.1 Å². The van der Waals surface area contributed by atoms with E-state index in [1.165, 1.54) is 11.1 Å². The molecule has 0 aliphatic heterocycles. The maximum Gasteiger partial charge on any atom is 0.0406 e. The average Bonchev–Trinajstić information content (AvgIpc) is 2.37. The zero-order valence-corrected chi connectivity index (χ0v) is 12.8. The molecule has 0 saturated carbocycles. The van der Waals surface area contributed by atoms with Crippen LogP contribution in [0.25, 0.3) is 0 Å². The highest BCUT2D eigenvalue weighted by Crippen LogP contribution is 2.25. The molecule has 0 radical (unpaired) electrons. The van der Waals surface area contributed by atoms with Crippen molar-refractivity contribution in [2.75, 3.05) is 5.88 Å². The summed E-state index contributed by atoms with van der Waals surface area (Å²) in [6.07, 6.45) is 0.935. The van der Waals surface area contributed by atoms with Crippen LogP contribution in [0.15, 0.2) is 53.0 Å². The van der Waals surface area contributed by atoms with Crippen molar-refractivity contribution >= 4 is 39.1 Å². The van der Waals surface area contributed by atoms with E-state index in [0.29, 0.717) is 11.8 Å². The molecule has 0 fully saturated rings. The number of hydrogen-bond acceptors (Lipinski definition) is 0. The predicted molar refractivity (Wildman–Crippen MR) is 82.8 cm³/mol. The van der Waals surface area contributed by atoms with Crippen LogP contribution < -0.4 is 0 Å². The van der Waals surface area contributed by atoms with Crippen LogP contribution in [-0.4, -0.2) is 5.88 Å². The molecule has 0 N–H and O–H groups in total. The fourth-order valence-electron chi connectivity index (χ4n) is 1.94. The quantitative estimate of drug-likeness (QED) is 0.627. The molecule has 2 rings (SSSR count). The van der Waals surface area contributed by atoms with Gasteiger partial charge in [0, 0.05) is 21.3 Å². The van der Waals surface area contributed by atoms with Crippen molar-refractivity contribution in [3.63, 3.8) is 0 Å². The van der Waals surface area contributed by atoms with Gasteiger partial charge in [0.1, 0.15) is 0 Å². The highest BCUT2D eigenvalue weighted by molar-refractivity contribution is 9.10. The van der Waals surface area contributed by atoms with Gasteiger partial charge in [-0.25, -0.2) is 0 Å². The molecule has 0 aliphatic carbocycles. The summed E-state index contributed by atoms with van der Waals surface area (Å²) in [6.45, 7) is 0. The molecule has 0 aliphatic rings. The molecule has 0 aromatic heterocycles. The highest BCUT2D eigenvalue weighted by Gasteiger charge is 2.11. The summed E-state index contributed by atoms with van der Waals surface area (Å²) in [6, 6.07) is 16.3. The zero-order valence-electron chi connectivity index (χ0n) is 9.74. The molecule has 0 amide bonds. The van der Waals surface area contributed by atoms with Crippen molar-refractivity contribution in [3.05, 3.63) is 69.2 Å². The van der Waals surface area contributed by atoms with E-state index in [0.717, 1.165) is 15.9 Å². The topological polar surface area (TPSA) is 0 Å². The van der Waals surface area contributed by atoms with E-state index in [9.17, 15) is 0 Å². The fourth-order valence-corrected chi connectivity index (χ4v) is 2.80. The molecule has 2 aromatic carbocycles. The van der Waals surface area contributed by atoms with Crippen molar-refractivity contribution < 1.29 is 0 Å². The summed E-state index contributed by atoms with van der Waals surface area (Å²) in [5, 5.41) is 0.759. The molecule has 0 heterocycles. The normalized spacial score (nSPS) is 12.4. The van der Waals surface area contributed by atoms with Crippen molar-refractivity contribution in [1.29, 1.82) is 0 Å². The van der Waals surface area contributed by atoms with Gasteiger partial charge in [0.15, 0.2) is 0 Å². The molecule has 1 atom stereocenters. The van der Waals surface area contributed by atoms with Gasteiger partial charge in [0.05, 0.1) is 0 Å². The maximum absolute atomic E-state index is 6.09. The van der Waals surface area contributed by atoms with E-state index in [1.54, 1.807) is 0 Å². The molecule has 18 heavy (non-hydrogen) atoms. The van der Waals surface area contributed by atoms with Crippen LogP contribution >= 0.6 is 39.1 Å². The number of rotatable bonds is 4. The molecular formula is C15H13BrCl2. The largest absolute Gasteiger partial charge is 0.126 e. The number of halogens is 3. The van der Waals surface area contributed by atoms with Crippen molar-refractivity contribution in [3.8, 4) is 0 Å². The second-order valence-corrected chi connectivity index (χ2v) is 5.90. The minimum atomic E-state index is 0.318. The van der Waals surface area contributed by atoms with Gasteiger partial charge in [0.2, 0.25) is 0 Å². The van der Waals surface area contributed by atoms with E-state index in [1.807, 2.05) is 36.4 Å². The van der Waals surface area contributed by atoms with Crippen molar-refractivity contribution in [1.82, 2.24) is 0 Å². The second kappa shape index (κ2) is 6.60. The molecule has 94 valence electrons. The van der Waals surface area contributed by atoms with Crippen LogP contribution in [0.3, 0.4) is 0 Å². The lowest BCUT2D eigenvalue weighted by Crippen LogP contribution is -2.04. The third-order valence-corrected chi connectivity index (χ3v) is 4.02. The summed E-state index contributed by atoms with van der Waals surface area (Å²) in [5.74, 6) is 0.923. The van der Waals surface area contributed by atoms with Crippen LogP contribution in [-0.2, 0) is 6.42 Å². The first-order valence-corrected chi connectivity index (χ1v) is 7.45. The average molecular weight is 344 g/mol. The monoisotopic (exact) mass is 342 g/mol. The van der Waals surface area contributed by atoms with Crippen LogP contribution in [0.1, 0.15) is 17.0 Å². The molecule has 0 saturated heterocycles. The van der Waals surface area contributed by atoms with Crippen LogP contribution in [0.4, 0.5) is 0 Å². The minimum absolute atomic E-state index is 0.318. The summed E-state index contributed by atoms with van der Waals surface area (Å²) >= 11 is 15.5. The van der Waals surface area contributed by atoms with Gasteiger partial charge in [-0.3, -0.25) is 0 Å². The molecule has 0 nitrogen and oxygen atoms in total. The van der Waals surface area contributed by atoms with Gasteiger partial charge in [-0.1, -0.05) is 51.8 Å². The van der Waals surface area contributed by atoms with Crippen LogP contribution in [0.5, 0.6) is 0 Å². The number of alkyl halides is 1. The Labute approximate surface area is 126 Å². The van der Waals surface area contributed by atoms with E-state index < -0.39 is 0 Å². The lowest BCUT2D eigenvalue weighted by atomic mass is 9.94. The minimum Gasteiger partial charge on any atom is -0.126 e. The van der Waals surface area contributed by atoms with Gasteiger partial charge >= 0.3 is 0 Å². The Morgan fingerprint density at radius 1 is 1.06 bits per heavy atom. The Morgan fingerprint density at radius 2 is 1.78 bits per heavy atom. The molecule has 3 heteroatoms. The Kier molecular flexibility index (Phi) is 5.11. The first-order valence-electron chi connectivity index (χ1n) is 5.75. The van der Waals surface area contributed by atoms with Gasteiger partial charge in [-0.2, -0.15) is 0 Å². The lowest BCUT2D eigenvalue weighted by molar-refractivity contribution is 0.766. The van der Waals surface area contributed by atoms with E-state index in [-0.39, 0.29) is 0 Å². The van der Waals surface area contributed by atoms with Gasteiger partial charge in [-0.05, 0) is 41.8 Å². The van der Waals surface area contributed by atoms with Gasteiger partial charge < -0.3 is 0 Å². The summed E-state index contributed by atoms with van der Waals surface area (Å²) in [7, 11) is 0. The van der Waals surface area contributed by atoms with E-state index in [4.69, 9.17) is 23.2 Å². The standard InChI is InChI=1S/C15H13BrCl2/c16-14-3-1-2-11(9-14)8-13(10-17)12-4-6-15(18)7-5-12/h1-7,9,13H,8,10H2. The maximum atomic E-state index is 6.09. The molecular weight excluding hydrogens is 331 g/mol. The predicted octanol–water partition coefficient (Wildman–Crippen LogP) is 5.67. The first kappa shape index (κ1) is 13.9. The highest BCUT2D eigenvalue weighted by atomic mass is 79.9. The summed E-state index contributed by atoms with van der Waals surface area (Å²) in [5.41, 5.74) is 2.51. The first-order chi connectivity index (χ1) is 8.69. The second-order valence-electron chi connectivity index (χ2n) is 4.24. The van der Waals surface area contributed by atoms with E-state index >= 15 is 0 Å². The Morgan fingerprint density at radius 3 is 2.39 bits per heavy atom. The fraction of sp³-hybridized carbons (Fsp3) is 0.200. The Bertz CT molecular complexity index is 508. The van der Waals surface area contributed by atoms with Crippen LogP contribution in [0, 0.1) is 0 Å². The molecule has 1 unspecified atom stereocenters. The molecule has 0 spiro atoms. The van der Waals surface area contributed by atoms with Crippen LogP contribution in [0.2, 0.25) is 5.02 Å². The summed E-state index contributed by atoms with van der Waals surface area (Å²) in [4.78, 5) is 0. The zero-order chi connectivity index (χ0) is 13.0. The molecule has 2 aromatic rings. The summed E-state index contributed by atoms with van der Waals surface area (Å²) < 4.78 is 1.10. The van der Waals surface area contributed by atoms with Gasteiger partial charge in [0.25, 0.3) is 0 Å². The third kappa shape index (κ3) is 3.74. The Balaban J connectivity index is 2.17. The Hall–Kier alpha value is -0.500. The SMILES string of the molecule is ClCC(Cc1cccc(Br)c1)c1ccc(Cl)cc1. The molecule has 0 bridgehead atoms. The lowest BCUT2D eigenvalue weighted by Gasteiger charge is -2.14.